The number of nitrogens with zero attached hydrogens (tertiary/aromatic N) is 3. The van der Waals surface area contributed by atoms with E-state index in [-0.39, 0.29) is 0 Å². The average Bonchev–Trinajstić information content (AvgIpc) is 2.43. The number of methoxy groups -OCH3 is 1. The summed E-state index contributed by atoms with van der Waals surface area (Å²) in [6, 6.07) is 0. The zero-order valence-electron chi connectivity index (χ0n) is 8.46. The quantitative estimate of drug-likeness (QED) is 0.773. The van der Waals surface area contributed by atoms with Crippen molar-refractivity contribution in [2.75, 3.05) is 20.4 Å². The first-order valence-electron chi connectivity index (χ1n) is 4.67. The molecule has 5 heteroatoms. The average molecular weight is 307 g/mol. The van der Waals surface area contributed by atoms with Crippen LogP contribution in [-0.2, 0) is 17.7 Å². The molecule has 1 aliphatic heterocycles. The first-order chi connectivity index (χ1) is 6.72. The summed E-state index contributed by atoms with van der Waals surface area (Å²) in [6.45, 7) is 4.82. The topological polar surface area (TPSA) is 30.3 Å². The Morgan fingerprint density at radius 3 is 3.07 bits per heavy atom. The van der Waals surface area contributed by atoms with Crippen LogP contribution in [0.15, 0.2) is 0 Å². The summed E-state index contributed by atoms with van der Waals surface area (Å²) in [6.07, 6.45) is 1.07. The lowest BCUT2D eigenvalue weighted by Gasteiger charge is -2.25. The van der Waals surface area contributed by atoms with Crippen LogP contribution in [0.25, 0.3) is 0 Å². The van der Waals surface area contributed by atoms with Gasteiger partial charge in [0.25, 0.3) is 0 Å². The molecule has 1 aliphatic rings. The summed E-state index contributed by atoms with van der Waals surface area (Å²) in [5, 5.41) is 4.42. The third-order valence-corrected chi connectivity index (χ3v) is 3.40. The molecule has 0 bridgehead atoms. The third-order valence-electron chi connectivity index (χ3n) is 2.60. The predicted octanol–water partition coefficient (Wildman–Crippen LogP) is 1.35. The van der Waals surface area contributed by atoms with Gasteiger partial charge in [0.15, 0.2) is 0 Å². The third kappa shape index (κ3) is 1.80. The standard InChI is InChI=1S/C9H14IN3O/c1-7-8-5-12(6-14-2)4-3-9(8)13(10)11-7/h3-6H2,1-2H3. The Kier molecular flexibility index (Phi) is 3.08. The number of hydrogen-bond donors (Lipinski definition) is 0. The first-order valence-corrected chi connectivity index (χ1v) is 5.63. The lowest BCUT2D eigenvalue weighted by Crippen LogP contribution is -2.32. The van der Waals surface area contributed by atoms with Crippen molar-refractivity contribution in [2.24, 2.45) is 0 Å². The van der Waals surface area contributed by atoms with Crippen molar-refractivity contribution in [3.05, 3.63) is 17.0 Å². The van der Waals surface area contributed by atoms with E-state index in [0.29, 0.717) is 6.73 Å². The number of halogens is 1. The SMILES string of the molecule is COCN1CCc2c(c(C)nn2I)C1. The molecule has 0 fully saturated rings. The Balaban J connectivity index is 2.21. The number of fused-ring (bicyclic) bond motifs is 1. The van der Waals surface area contributed by atoms with E-state index in [1.165, 1.54) is 11.3 Å². The second-order valence-electron chi connectivity index (χ2n) is 3.59. The molecular weight excluding hydrogens is 293 g/mol. The monoisotopic (exact) mass is 307 g/mol. The molecule has 0 unspecified atom stereocenters. The molecule has 0 saturated carbocycles. The minimum absolute atomic E-state index is 0.714. The van der Waals surface area contributed by atoms with Crippen LogP contribution in [0.3, 0.4) is 0 Å². The number of aryl methyl sites for hydroxylation is 1. The molecule has 78 valence electrons. The molecule has 1 aromatic heterocycles. The van der Waals surface area contributed by atoms with E-state index in [1.807, 2.05) is 2.90 Å². The van der Waals surface area contributed by atoms with Gasteiger partial charge in [0.05, 0.1) is 41.0 Å². The van der Waals surface area contributed by atoms with Crippen LogP contribution < -0.4 is 0 Å². The summed E-state index contributed by atoms with van der Waals surface area (Å²) in [4.78, 5) is 2.30. The van der Waals surface area contributed by atoms with E-state index in [1.54, 1.807) is 7.11 Å². The molecular formula is C9H14IN3O. The number of ether oxygens (including phenoxy) is 1. The van der Waals surface area contributed by atoms with Crippen LogP contribution in [-0.4, -0.2) is 33.3 Å². The zero-order valence-corrected chi connectivity index (χ0v) is 10.6. The Bertz CT molecular complexity index is 337. The van der Waals surface area contributed by atoms with Crippen molar-refractivity contribution < 1.29 is 4.74 Å². The summed E-state index contributed by atoms with van der Waals surface area (Å²) < 4.78 is 7.12. The van der Waals surface area contributed by atoms with Crippen LogP contribution in [0.4, 0.5) is 0 Å². The maximum atomic E-state index is 5.14. The van der Waals surface area contributed by atoms with Gasteiger partial charge in [-0.2, -0.15) is 5.10 Å². The van der Waals surface area contributed by atoms with Gasteiger partial charge in [0, 0.05) is 32.2 Å². The smallest absolute Gasteiger partial charge is 0.0989 e. The van der Waals surface area contributed by atoms with E-state index < -0.39 is 0 Å². The van der Waals surface area contributed by atoms with Gasteiger partial charge < -0.3 is 4.74 Å². The number of rotatable bonds is 2. The molecule has 14 heavy (non-hydrogen) atoms. The Hall–Kier alpha value is -0.140. The molecule has 0 amide bonds. The number of aromatic nitrogens is 2. The molecule has 4 nitrogen and oxygen atoms in total. The first kappa shape index (κ1) is 10.4. The maximum Gasteiger partial charge on any atom is 0.0989 e. The molecule has 0 atom stereocenters. The molecule has 2 heterocycles. The largest absolute Gasteiger partial charge is 0.369 e. The van der Waals surface area contributed by atoms with Gasteiger partial charge in [-0.25, -0.2) is 2.90 Å². The highest BCUT2D eigenvalue weighted by molar-refractivity contribution is 14.1. The fourth-order valence-corrected chi connectivity index (χ4v) is 2.74. The fraction of sp³-hybridized carbons (Fsp3) is 0.667. The molecule has 0 radical (unpaired) electrons. The van der Waals surface area contributed by atoms with Gasteiger partial charge in [0.2, 0.25) is 0 Å². The fourth-order valence-electron chi connectivity index (χ4n) is 1.88. The van der Waals surface area contributed by atoms with Crippen molar-refractivity contribution in [3.8, 4) is 0 Å². The lowest BCUT2D eigenvalue weighted by atomic mass is 10.1. The van der Waals surface area contributed by atoms with Gasteiger partial charge in [-0.15, -0.1) is 0 Å². The van der Waals surface area contributed by atoms with Gasteiger partial charge in [-0.1, -0.05) is 0 Å². The van der Waals surface area contributed by atoms with Gasteiger partial charge in [0.1, 0.15) is 0 Å². The van der Waals surface area contributed by atoms with Crippen molar-refractivity contribution in [2.45, 2.75) is 19.9 Å². The molecule has 0 saturated heterocycles. The van der Waals surface area contributed by atoms with Crippen molar-refractivity contribution >= 4 is 22.9 Å². The predicted molar refractivity (Wildman–Crippen MR) is 62.4 cm³/mol. The van der Waals surface area contributed by atoms with Crippen LogP contribution >= 0.6 is 22.9 Å². The highest BCUT2D eigenvalue weighted by atomic mass is 127. The molecule has 2 rings (SSSR count). The van der Waals surface area contributed by atoms with Crippen molar-refractivity contribution in [1.29, 1.82) is 0 Å². The molecule has 0 spiro atoms. The lowest BCUT2D eigenvalue weighted by molar-refractivity contribution is 0.0540. The minimum atomic E-state index is 0.714. The van der Waals surface area contributed by atoms with Gasteiger partial charge in [-0.05, 0) is 6.92 Å². The number of hydrogen-bond acceptors (Lipinski definition) is 3. The molecule has 0 aromatic carbocycles. The van der Waals surface area contributed by atoms with E-state index in [0.717, 1.165) is 25.2 Å². The van der Waals surface area contributed by atoms with E-state index >= 15 is 0 Å². The summed E-state index contributed by atoms with van der Waals surface area (Å²) in [7, 11) is 1.74. The van der Waals surface area contributed by atoms with Crippen LogP contribution in [0.1, 0.15) is 17.0 Å². The van der Waals surface area contributed by atoms with E-state index in [2.05, 4.69) is 39.8 Å². The zero-order chi connectivity index (χ0) is 10.1. The molecule has 0 N–H and O–H groups in total. The molecule has 1 aromatic rings. The van der Waals surface area contributed by atoms with E-state index in [9.17, 15) is 0 Å². The highest BCUT2D eigenvalue weighted by Crippen LogP contribution is 2.23. The van der Waals surface area contributed by atoms with Crippen molar-refractivity contribution in [1.82, 2.24) is 12.9 Å². The molecule has 0 aliphatic carbocycles. The van der Waals surface area contributed by atoms with Crippen LogP contribution in [0.2, 0.25) is 0 Å². The van der Waals surface area contributed by atoms with Gasteiger partial charge >= 0.3 is 0 Å². The summed E-state index contributed by atoms with van der Waals surface area (Å²) >= 11 is 2.25. The maximum absolute atomic E-state index is 5.14. The normalized spacial score (nSPS) is 17.1. The Labute approximate surface area is 97.7 Å². The summed E-state index contributed by atoms with van der Waals surface area (Å²) in [5.74, 6) is 0. The van der Waals surface area contributed by atoms with E-state index in [4.69, 9.17) is 4.74 Å². The summed E-state index contributed by atoms with van der Waals surface area (Å²) in [5.41, 5.74) is 3.90. The van der Waals surface area contributed by atoms with Crippen molar-refractivity contribution in [3.63, 3.8) is 0 Å². The Morgan fingerprint density at radius 1 is 1.57 bits per heavy atom. The minimum Gasteiger partial charge on any atom is -0.369 e. The highest BCUT2D eigenvalue weighted by Gasteiger charge is 2.22. The second kappa shape index (κ2) is 4.16. The van der Waals surface area contributed by atoms with Crippen LogP contribution in [0, 0.1) is 6.92 Å². The second-order valence-corrected chi connectivity index (χ2v) is 4.51. The Morgan fingerprint density at radius 2 is 2.36 bits per heavy atom. The van der Waals surface area contributed by atoms with Gasteiger partial charge in [-0.3, -0.25) is 4.90 Å². The van der Waals surface area contributed by atoms with Crippen LogP contribution in [0.5, 0.6) is 0 Å².